The number of benzene rings is 1. The van der Waals surface area contributed by atoms with Crippen LogP contribution >= 0.6 is 12.4 Å². The van der Waals surface area contributed by atoms with Crippen molar-refractivity contribution < 1.29 is 9.53 Å². The Kier molecular flexibility index (Phi) is 4.58. The molecule has 0 radical (unpaired) electrons. The largest absolute Gasteiger partial charge is 0.377 e. The van der Waals surface area contributed by atoms with Crippen molar-refractivity contribution in [3.63, 3.8) is 0 Å². The van der Waals surface area contributed by atoms with Crippen LogP contribution < -0.4 is 11.1 Å². The second-order valence-corrected chi connectivity index (χ2v) is 6.90. The third-order valence-electron chi connectivity index (χ3n) is 5.45. The van der Waals surface area contributed by atoms with Crippen molar-refractivity contribution in [1.29, 1.82) is 0 Å². The van der Waals surface area contributed by atoms with Crippen molar-refractivity contribution in [1.82, 2.24) is 0 Å². The smallest absolute Gasteiger partial charge is 0.245 e. The Morgan fingerprint density at radius 1 is 1.36 bits per heavy atom. The summed E-state index contributed by atoms with van der Waals surface area (Å²) in [5, 5.41) is 3.02. The lowest BCUT2D eigenvalue weighted by molar-refractivity contribution is -0.222. The van der Waals surface area contributed by atoms with Gasteiger partial charge in [-0.05, 0) is 31.4 Å². The lowest BCUT2D eigenvalue weighted by atomic mass is 9.46. The summed E-state index contributed by atoms with van der Waals surface area (Å²) in [4.78, 5) is 12.8. The number of carbonyl (C=O) groups is 1. The lowest BCUT2D eigenvalue weighted by Gasteiger charge is -2.65. The van der Waals surface area contributed by atoms with E-state index in [1.807, 2.05) is 45.0 Å². The van der Waals surface area contributed by atoms with Crippen LogP contribution in [0.5, 0.6) is 0 Å². The van der Waals surface area contributed by atoms with E-state index in [-0.39, 0.29) is 35.8 Å². The Hall–Kier alpha value is -1.10. The molecule has 2 aliphatic rings. The van der Waals surface area contributed by atoms with Crippen LogP contribution in [0.3, 0.4) is 0 Å². The number of nitrogens with two attached hydrogens (primary N) is 1. The highest BCUT2D eigenvalue weighted by Gasteiger charge is 2.70. The molecule has 1 saturated carbocycles. The molecule has 1 heterocycles. The molecule has 2 fully saturated rings. The number of hydrogen-bond acceptors (Lipinski definition) is 3. The van der Waals surface area contributed by atoms with Gasteiger partial charge in [0.1, 0.15) is 5.54 Å². The molecule has 3 N–H and O–H groups in total. The summed E-state index contributed by atoms with van der Waals surface area (Å²) in [6.45, 7) is 6.84. The van der Waals surface area contributed by atoms with Crippen molar-refractivity contribution in [2.24, 2.45) is 17.1 Å². The van der Waals surface area contributed by atoms with Crippen LogP contribution in [0.2, 0.25) is 0 Å². The van der Waals surface area contributed by atoms with Crippen LogP contribution in [-0.4, -0.2) is 24.2 Å². The quantitative estimate of drug-likeness (QED) is 0.879. The lowest BCUT2D eigenvalue weighted by Crippen LogP contribution is -2.81. The number of amides is 1. The fourth-order valence-electron chi connectivity index (χ4n) is 3.98. The van der Waals surface area contributed by atoms with Crippen molar-refractivity contribution in [3.8, 4) is 0 Å². The van der Waals surface area contributed by atoms with E-state index < -0.39 is 5.54 Å². The second-order valence-electron chi connectivity index (χ2n) is 6.90. The summed E-state index contributed by atoms with van der Waals surface area (Å²) in [6, 6.07) is 7.78. The molecule has 1 aromatic rings. The fraction of sp³-hybridized carbons (Fsp3) is 0.588. The van der Waals surface area contributed by atoms with E-state index in [9.17, 15) is 4.79 Å². The predicted octanol–water partition coefficient (Wildman–Crippen LogP) is 2.89. The van der Waals surface area contributed by atoms with Gasteiger partial charge in [-0.25, -0.2) is 0 Å². The minimum absolute atomic E-state index is 0. The summed E-state index contributed by atoms with van der Waals surface area (Å²) >= 11 is 0. The molecule has 4 nitrogen and oxygen atoms in total. The van der Waals surface area contributed by atoms with Crippen LogP contribution in [0.15, 0.2) is 24.3 Å². The summed E-state index contributed by atoms with van der Waals surface area (Å²) in [6.07, 6.45) is 2.04. The first-order valence-electron chi connectivity index (χ1n) is 7.66. The van der Waals surface area contributed by atoms with E-state index in [2.05, 4.69) is 5.32 Å². The van der Waals surface area contributed by atoms with Gasteiger partial charge in [-0.1, -0.05) is 32.0 Å². The average molecular weight is 325 g/mol. The Bertz CT molecular complexity index is 576. The Labute approximate surface area is 138 Å². The van der Waals surface area contributed by atoms with Gasteiger partial charge < -0.3 is 15.8 Å². The first-order valence-corrected chi connectivity index (χ1v) is 7.66. The van der Waals surface area contributed by atoms with Crippen LogP contribution in [0.25, 0.3) is 0 Å². The van der Waals surface area contributed by atoms with Gasteiger partial charge >= 0.3 is 0 Å². The predicted molar refractivity (Wildman–Crippen MR) is 90.2 cm³/mol. The standard InChI is InChI=1S/C17H24N2O2.ClH/c1-11-7-4-5-9-13(11)19-15(20)17(18)12-8-6-10-21-14(12)16(17,2)3;/h4-5,7,9,12,14H,6,8,10,18H2,1-3H3,(H,19,20);1H. The van der Waals surface area contributed by atoms with Gasteiger partial charge in [0.05, 0.1) is 6.10 Å². The number of nitrogens with one attached hydrogen (secondary N) is 1. The van der Waals surface area contributed by atoms with Crippen LogP contribution in [0.1, 0.15) is 32.3 Å². The molecule has 1 aromatic carbocycles. The number of hydrogen-bond donors (Lipinski definition) is 2. The van der Waals surface area contributed by atoms with Crippen molar-refractivity contribution in [2.45, 2.75) is 45.3 Å². The Morgan fingerprint density at radius 2 is 2.05 bits per heavy atom. The highest BCUT2D eigenvalue weighted by Crippen LogP contribution is 2.57. The number of ether oxygens (including phenoxy) is 1. The number of anilines is 1. The first kappa shape index (κ1) is 17.3. The first-order chi connectivity index (χ1) is 9.89. The van der Waals surface area contributed by atoms with Crippen LogP contribution in [-0.2, 0) is 9.53 Å². The molecule has 5 heteroatoms. The highest BCUT2D eigenvalue weighted by atomic mass is 35.5. The summed E-state index contributed by atoms with van der Waals surface area (Å²) in [7, 11) is 0. The third kappa shape index (κ3) is 2.25. The van der Waals surface area contributed by atoms with Gasteiger partial charge in [0.25, 0.3) is 0 Å². The van der Waals surface area contributed by atoms with Crippen molar-refractivity contribution in [3.05, 3.63) is 29.8 Å². The third-order valence-corrected chi connectivity index (χ3v) is 5.45. The van der Waals surface area contributed by atoms with Gasteiger partial charge in [-0.2, -0.15) is 0 Å². The van der Waals surface area contributed by atoms with Gasteiger partial charge in [-0.15, -0.1) is 12.4 Å². The van der Waals surface area contributed by atoms with Gasteiger partial charge in [0, 0.05) is 23.6 Å². The number of carbonyl (C=O) groups excluding carboxylic acids is 1. The zero-order valence-corrected chi connectivity index (χ0v) is 14.2. The maximum atomic E-state index is 12.8. The summed E-state index contributed by atoms with van der Waals surface area (Å²) in [5.74, 6) is 0.0267. The van der Waals surface area contributed by atoms with Crippen molar-refractivity contribution >= 4 is 24.0 Å². The minimum atomic E-state index is -0.861. The Balaban J connectivity index is 0.00000176. The molecule has 0 aromatic heterocycles. The molecule has 0 spiro atoms. The normalized spacial score (nSPS) is 32.2. The number of rotatable bonds is 2. The average Bonchev–Trinajstić information content (AvgIpc) is 2.48. The van der Waals surface area contributed by atoms with Gasteiger partial charge in [0.15, 0.2) is 0 Å². The molecule has 1 amide bonds. The Morgan fingerprint density at radius 3 is 2.73 bits per heavy atom. The zero-order chi connectivity index (χ0) is 15.3. The van der Waals surface area contributed by atoms with Gasteiger partial charge in [0.2, 0.25) is 5.91 Å². The SMILES string of the molecule is Cc1ccccc1NC(=O)C1(N)C2CCCOC2C1(C)C.Cl. The van der Waals surface area contributed by atoms with Crippen LogP contribution in [0, 0.1) is 18.3 Å². The summed E-state index contributed by atoms with van der Waals surface area (Å²) < 4.78 is 5.85. The molecule has 3 rings (SSSR count). The molecule has 1 saturated heterocycles. The van der Waals surface area contributed by atoms with Crippen molar-refractivity contribution in [2.75, 3.05) is 11.9 Å². The number of para-hydroxylation sites is 1. The monoisotopic (exact) mass is 324 g/mol. The molecular formula is C17H25ClN2O2. The van der Waals surface area contributed by atoms with E-state index in [0.717, 1.165) is 30.7 Å². The van der Waals surface area contributed by atoms with E-state index >= 15 is 0 Å². The minimum Gasteiger partial charge on any atom is -0.377 e. The number of aryl methyl sites for hydroxylation is 1. The molecule has 3 atom stereocenters. The summed E-state index contributed by atoms with van der Waals surface area (Å²) in [5.41, 5.74) is 7.26. The molecule has 1 aliphatic carbocycles. The number of fused-ring (bicyclic) bond motifs is 1. The molecule has 0 bridgehead atoms. The molecule has 3 unspecified atom stereocenters. The maximum Gasteiger partial charge on any atom is 0.245 e. The van der Waals surface area contributed by atoms with E-state index in [0.29, 0.717) is 0 Å². The molecule has 122 valence electrons. The molecular weight excluding hydrogens is 300 g/mol. The zero-order valence-electron chi connectivity index (χ0n) is 13.4. The van der Waals surface area contributed by atoms with Gasteiger partial charge in [-0.3, -0.25) is 4.79 Å². The number of halogens is 1. The fourth-order valence-corrected chi connectivity index (χ4v) is 3.98. The van der Waals surface area contributed by atoms with E-state index in [1.165, 1.54) is 0 Å². The van der Waals surface area contributed by atoms with Crippen LogP contribution in [0.4, 0.5) is 5.69 Å². The highest BCUT2D eigenvalue weighted by molar-refractivity contribution is 6.00. The second kappa shape index (κ2) is 5.84. The topological polar surface area (TPSA) is 64.4 Å². The van der Waals surface area contributed by atoms with E-state index in [1.54, 1.807) is 0 Å². The maximum absolute atomic E-state index is 12.8. The van der Waals surface area contributed by atoms with E-state index in [4.69, 9.17) is 10.5 Å². The molecule has 22 heavy (non-hydrogen) atoms. The molecule has 1 aliphatic heterocycles.